The highest BCUT2D eigenvalue weighted by Gasteiger charge is 2.27. The summed E-state index contributed by atoms with van der Waals surface area (Å²) in [4.78, 5) is 37.8. The van der Waals surface area contributed by atoms with E-state index in [0.717, 1.165) is 6.42 Å². The Morgan fingerprint density at radius 2 is 1.81 bits per heavy atom. The lowest BCUT2D eigenvalue weighted by Gasteiger charge is -2.31. The summed E-state index contributed by atoms with van der Waals surface area (Å²) in [6.07, 6.45) is 2.76. The van der Waals surface area contributed by atoms with E-state index in [1.165, 1.54) is 7.11 Å². The third-order valence-electron chi connectivity index (χ3n) is 4.37. The number of nitrogens with zero attached hydrogens (tertiary/aromatic N) is 1. The second kappa shape index (κ2) is 9.91. The molecule has 2 rings (SSSR count). The number of benzene rings is 1. The van der Waals surface area contributed by atoms with E-state index in [2.05, 4.69) is 10.6 Å². The first-order valence-electron chi connectivity index (χ1n) is 9.01. The van der Waals surface area contributed by atoms with Gasteiger partial charge in [-0.3, -0.25) is 14.4 Å². The largest absolute Gasteiger partial charge is 0.375 e. The lowest BCUT2D eigenvalue weighted by molar-refractivity contribution is -0.134. The van der Waals surface area contributed by atoms with Crippen LogP contribution in [0.15, 0.2) is 24.3 Å². The Hall–Kier alpha value is -2.41. The SMILES string of the molecule is CCCC(=O)N1CCC(C(=O)Nc2cccc(NC(=O)COC)c2)CC1. The summed E-state index contributed by atoms with van der Waals surface area (Å²) >= 11 is 0. The van der Waals surface area contributed by atoms with Crippen molar-refractivity contribution in [1.29, 1.82) is 0 Å². The Morgan fingerprint density at radius 1 is 1.15 bits per heavy atom. The zero-order valence-electron chi connectivity index (χ0n) is 15.4. The minimum atomic E-state index is -0.250. The van der Waals surface area contributed by atoms with E-state index >= 15 is 0 Å². The van der Waals surface area contributed by atoms with E-state index in [4.69, 9.17) is 4.74 Å². The topological polar surface area (TPSA) is 87.7 Å². The van der Waals surface area contributed by atoms with Crippen LogP contribution in [0.3, 0.4) is 0 Å². The molecule has 0 unspecified atom stereocenters. The third kappa shape index (κ3) is 5.84. The van der Waals surface area contributed by atoms with Gasteiger partial charge < -0.3 is 20.3 Å². The number of carbonyl (C=O) groups excluding carboxylic acids is 3. The summed E-state index contributed by atoms with van der Waals surface area (Å²) in [7, 11) is 1.46. The predicted octanol–water partition coefficient (Wildman–Crippen LogP) is 2.25. The Morgan fingerprint density at radius 3 is 2.42 bits per heavy atom. The number of piperidine rings is 1. The molecule has 0 radical (unpaired) electrons. The first-order chi connectivity index (χ1) is 12.5. The van der Waals surface area contributed by atoms with Gasteiger partial charge in [0.25, 0.3) is 0 Å². The first kappa shape index (κ1) is 19.9. The zero-order chi connectivity index (χ0) is 18.9. The molecule has 0 spiro atoms. The molecule has 0 aliphatic carbocycles. The number of carbonyl (C=O) groups is 3. The summed E-state index contributed by atoms with van der Waals surface area (Å²) in [5.74, 6) is -0.230. The fraction of sp³-hybridized carbons (Fsp3) is 0.526. The van der Waals surface area contributed by atoms with Gasteiger partial charge in [0.05, 0.1) is 0 Å². The second-order valence-corrected chi connectivity index (χ2v) is 6.46. The molecule has 0 atom stereocenters. The van der Waals surface area contributed by atoms with Crippen LogP contribution in [0, 0.1) is 5.92 Å². The molecule has 142 valence electrons. The number of hydrogen-bond acceptors (Lipinski definition) is 4. The van der Waals surface area contributed by atoms with E-state index in [-0.39, 0.29) is 30.2 Å². The molecule has 1 saturated heterocycles. The molecular formula is C19H27N3O4. The number of anilines is 2. The Balaban J connectivity index is 1.86. The molecule has 1 aromatic rings. The van der Waals surface area contributed by atoms with Crippen molar-refractivity contribution in [2.75, 3.05) is 37.4 Å². The highest BCUT2D eigenvalue weighted by molar-refractivity contribution is 5.95. The number of amides is 3. The minimum Gasteiger partial charge on any atom is -0.375 e. The van der Waals surface area contributed by atoms with Gasteiger partial charge in [0.2, 0.25) is 17.7 Å². The lowest BCUT2D eigenvalue weighted by atomic mass is 9.95. The van der Waals surface area contributed by atoms with Crippen LogP contribution in [0.1, 0.15) is 32.6 Å². The summed E-state index contributed by atoms with van der Waals surface area (Å²) < 4.78 is 4.78. The fourth-order valence-corrected chi connectivity index (χ4v) is 3.01. The fourth-order valence-electron chi connectivity index (χ4n) is 3.01. The molecule has 0 saturated carbocycles. The molecular weight excluding hydrogens is 334 g/mol. The first-order valence-corrected chi connectivity index (χ1v) is 9.01. The van der Waals surface area contributed by atoms with Gasteiger partial charge >= 0.3 is 0 Å². The van der Waals surface area contributed by atoms with Crippen LogP contribution in [-0.4, -0.2) is 49.4 Å². The van der Waals surface area contributed by atoms with Crippen LogP contribution in [0.2, 0.25) is 0 Å². The van der Waals surface area contributed by atoms with Crippen molar-refractivity contribution in [2.24, 2.45) is 5.92 Å². The number of methoxy groups -OCH3 is 1. The van der Waals surface area contributed by atoms with Crippen LogP contribution < -0.4 is 10.6 Å². The number of ether oxygens (including phenoxy) is 1. The molecule has 3 amide bonds. The number of hydrogen-bond donors (Lipinski definition) is 2. The van der Waals surface area contributed by atoms with Crippen molar-refractivity contribution in [1.82, 2.24) is 4.90 Å². The van der Waals surface area contributed by atoms with Gasteiger partial charge in [0, 0.05) is 43.9 Å². The zero-order valence-corrected chi connectivity index (χ0v) is 15.4. The van der Waals surface area contributed by atoms with E-state index < -0.39 is 0 Å². The molecule has 1 heterocycles. The monoisotopic (exact) mass is 361 g/mol. The maximum Gasteiger partial charge on any atom is 0.250 e. The van der Waals surface area contributed by atoms with Gasteiger partial charge in [-0.25, -0.2) is 0 Å². The number of likely N-dealkylation sites (tertiary alicyclic amines) is 1. The summed E-state index contributed by atoms with van der Waals surface area (Å²) in [6, 6.07) is 7.01. The maximum absolute atomic E-state index is 12.5. The number of rotatable bonds is 7. The second-order valence-electron chi connectivity index (χ2n) is 6.46. The highest BCUT2D eigenvalue weighted by Crippen LogP contribution is 2.21. The summed E-state index contributed by atoms with van der Waals surface area (Å²) in [5, 5.41) is 5.61. The van der Waals surface area contributed by atoms with Crippen molar-refractivity contribution in [3.8, 4) is 0 Å². The van der Waals surface area contributed by atoms with E-state index in [1.807, 2.05) is 11.8 Å². The van der Waals surface area contributed by atoms with Crippen molar-refractivity contribution in [3.05, 3.63) is 24.3 Å². The van der Waals surface area contributed by atoms with Gasteiger partial charge in [-0.05, 0) is 37.5 Å². The van der Waals surface area contributed by atoms with Crippen molar-refractivity contribution >= 4 is 29.1 Å². The minimum absolute atomic E-state index is 0.0219. The smallest absolute Gasteiger partial charge is 0.250 e. The Kier molecular flexibility index (Phi) is 7.59. The van der Waals surface area contributed by atoms with Gasteiger partial charge in [-0.15, -0.1) is 0 Å². The van der Waals surface area contributed by atoms with Gasteiger partial charge in [-0.1, -0.05) is 13.0 Å². The Labute approximate surface area is 154 Å². The van der Waals surface area contributed by atoms with Crippen LogP contribution in [0.4, 0.5) is 11.4 Å². The van der Waals surface area contributed by atoms with E-state index in [9.17, 15) is 14.4 Å². The van der Waals surface area contributed by atoms with Gasteiger partial charge in [0.15, 0.2) is 0 Å². The molecule has 1 aliphatic rings. The van der Waals surface area contributed by atoms with Crippen LogP contribution in [0.25, 0.3) is 0 Å². The van der Waals surface area contributed by atoms with Crippen molar-refractivity contribution < 1.29 is 19.1 Å². The molecule has 1 aliphatic heterocycles. The highest BCUT2D eigenvalue weighted by atomic mass is 16.5. The Bertz CT molecular complexity index is 639. The van der Waals surface area contributed by atoms with E-state index in [1.54, 1.807) is 24.3 Å². The van der Waals surface area contributed by atoms with Gasteiger partial charge in [-0.2, -0.15) is 0 Å². The van der Waals surface area contributed by atoms with E-state index in [0.29, 0.717) is 43.7 Å². The van der Waals surface area contributed by atoms with Crippen LogP contribution in [-0.2, 0) is 19.1 Å². The van der Waals surface area contributed by atoms with Crippen molar-refractivity contribution in [3.63, 3.8) is 0 Å². The summed E-state index contributed by atoms with van der Waals surface area (Å²) in [6.45, 7) is 3.23. The molecule has 26 heavy (non-hydrogen) atoms. The predicted molar refractivity (Wildman–Crippen MR) is 99.8 cm³/mol. The molecule has 1 aromatic carbocycles. The third-order valence-corrected chi connectivity index (χ3v) is 4.37. The standard InChI is InChI=1S/C19H27N3O4/c1-3-5-18(24)22-10-8-14(9-11-22)19(25)21-16-7-4-6-15(12-16)20-17(23)13-26-2/h4,6-7,12,14H,3,5,8-11,13H2,1-2H3,(H,20,23)(H,21,25). The van der Waals surface area contributed by atoms with Crippen LogP contribution in [0.5, 0.6) is 0 Å². The molecule has 7 heteroatoms. The normalized spacial score (nSPS) is 14.8. The molecule has 7 nitrogen and oxygen atoms in total. The van der Waals surface area contributed by atoms with Gasteiger partial charge in [0.1, 0.15) is 6.61 Å². The average Bonchev–Trinajstić information content (AvgIpc) is 2.62. The quantitative estimate of drug-likeness (QED) is 0.780. The average molecular weight is 361 g/mol. The summed E-state index contributed by atoms with van der Waals surface area (Å²) in [5.41, 5.74) is 1.24. The number of nitrogens with one attached hydrogen (secondary N) is 2. The molecule has 0 aromatic heterocycles. The van der Waals surface area contributed by atoms with Crippen LogP contribution >= 0.6 is 0 Å². The lowest BCUT2D eigenvalue weighted by Crippen LogP contribution is -2.41. The molecule has 2 N–H and O–H groups in total. The van der Waals surface area contributed by atoms with Crippen molar-refractivity contribution in [2.45, 2.75) is 32.6 Å². The molecule has 0 bridgehead atoms. The molecule has 1 fully saturated rings. The maximum atomic E-state index is 12.5.